The van der Waals surface area contributed by atoms with Gasteiger partial charge in [0.2, 0.25) is 0 Å². The van der Waals surface area contributed by atoms with E-state index in [2.05, 4.69) is 237 Å². The monoisotopic (exact) mass is 840 g/mol. The minimum atomic E-state index is -0.215. The fourth-order valence-corrected chi connectivity index (χ4v) is 13.3. The molecular weight excluding hydrogens is 785 g/mol. The summed E-state index contributed by atoms with van der Waals surface area (Å²) in [7, 11) is 0. The van der Waals surface area contributed by atoms with Crippen LogP contribution in [0.3, 0.4) is 0 Å². The Morgan fingerprint density at radius 1 is 0.277 bits per heavy atom. The molecule has 0 atom stereocenters. The molecule has 0 saturated carbocycles. The lowest BCUT2D eigenvalue weighted by Crippen LogP contribution is -2.43. The molecule has 0 radical (unpaired) electrons. The van der Waals surface area contributed by atoms with Crippen LogP contribution in [0, 0.1) is 0 Å². The molecular formula is C63H56N2. The van der Waals surface area contributed by atoms with Gasteiger partial charge in [-0.2, -0.15) is 0 Å². The molecule has 8 aromatic rings. The lowest BCUT2D eigenvalue weighted by molar-refractivity contribution is 0.567. The summed E-state index contributed by atoms with van der Waals surface area (Å²) in [4.78, 5) is 5.13. The quantitative estimate of drug-likeness (QED) is 0.174. The van der Waals surface area contributed by atoms with Crippen molar-refractivity contribution in [1.29, 1.82) is 0 Å². The molecule has 65 heavy (non-hydrogen) atoms. The van der Waals surface area contributed by atoms with Crippen LogP contribution >= 0.6 is 0 Å². The van der Waals surface area contributed by atoms with Crippen LogP contribution in [0.5, 0.6) is 0 Å². The summed E-state index contributed by atoms with van der Waals surface area (Å²) in [6, 6.07) is 60.7. The SMILES string of the molecule is CC1(C)c2ccccc2-c2ccc(N(c3ccccc3)c3ccc4c(c3)C(C)(C)c3cc(-c5cc6c7c(c5)C(C)(C)c5cccc8c5N7c5c(cccc5C6(C)C)C8(C)C)ccc3-4)cc21. The highest BCUT2D eigenvalue weighted by Crippen LogP contribution is 2.66. The van der Waals surface area contributed by atoms with E-state index in [9.17, 15) is 0 Å². The smallest absolute Gasteiger partial charge is 0.0544 e. The summed E-state index contributed by atoms with van der Waals surface area (Å²) in [5, 5.41) is 0. The normalized spacial score (nSPS) is 18.0. The molecule has 0 aromatic heterocycles. The van der Waals surface area contributed by atoms with Crippen LogP contribution in [0.25, 0.3) is 33.4 Å². The predicted molar refractivity (Wildman–Crippen MR) is 273 cm³/mol. The van der Waals surface area contributed by atoms with Gasteiger partial charge in [-0.05, 0) is 144 Å². The van der Waals surface area contributed by atoms with Crippen molar-refractivity contribution >= 4 is 34.1 Å². The van der Waals surface area contributed by atoms with Gasteiger partial charge in [0, 0.05) is 44.1 Å². The van der Waals surface area contributed by atoms with Crippen molar-refractivity contribution in [2.75, 3.05) is 9.80 Å². The van der Waals surface area contributed by atoms with Gasteiger partial charge >= 0.3 is 0 Å². The van der Waals surface area contributed by atoms with E-state index in [1.54, 1.807) is 0 Å². The van der Waals surface area contributed by atoms with Crippen LogP contribution in [0.4, 0.5) is 34.1 Å². The Kier molecular flexibility index (Phi) is 7.38. The predicted octanol–water partition coefficient (Wildman–Crippen LogP) is 16.8. The van der Waals surface area contributed by atoms with E-state index >= 15 is 0 Å². The van der Waals surface area contributed by atoms with Gasteiger partial charge in [-0.25, -0.2) is 0 Å². The molecule has 3 heterocycles. The highest BCUT2D eigenvalue weighted by atomic mass is 15.2. The number of anilines is 6. The number of hydrogen-bond acceptors (Lipinski definition) is 2. The highest BCUT2D eigenvalue weighted by Gasteiger charge is 2.52. The molecule has 2 nitrogen and oxygen atoms in total. The number of fused-ring (bicyclic) bond motifs is 6. The van der Waals surface area contributed by atoms with Gasteiger partial charge in [0.05, 0.1) is 17.1 Å². The van der Waals surface area contributed by atoms with E-state index in [4.69, 9.17) is 0 Å². The largest absolute Gasteiger partial charge is 0.310 e. The van der Waals surface area contributed by atoms with E-state index in [0.717, 1.165) is 5.69 Å². The average Bonchev–Trinajstić information content (AvgIpc) is 3.67. The third-order valence-corrected chi connectivity index (χ3v) is 17.0. The third-order valence-electron chi connectivity index (χ3n) is 17.0. The fourth-order valence-electron chi connectivity index (χ4n) is 13.3. The Labute approximate surface area is 385 Å². The molecule has 3 aliphatic heterocycles. The summed E-state index contributed by atoms with van der Waals surface area (Å²) < 4.78 is 0. The Balaban J connectivity index is 0.937. The van der Waals surface area contributed by atoms with Gasteiger partial charge in [-0.3, -0.25) is 0 Å². The first-order valence-corrected chi connectivity index (χ1v) is 23.7. The Morgan fingerprint density at radius 3 is 1.18 bits per heavy atom. The lowest BCUT2D eigenvalue weighted by atomic mass is 9.60. The molecule has 0 bridgehead atoms. The summed E-state index contributed by atoms with van der Waals surface area (Å²) >= 11 is 0. The van der Waals surface area contributed by atoms with Crippen molar-refractivity contribution in [3.63, 3.8) is 0 Å². The average molecular weight is 841 g/mol. The number of nitrogens with zero attached hydrogens (tertiary/aromatic N) is 2. The molecule has 0 fully saturated rings. The second kappa shape index (κ2) is 12.4. The molecule has 0 amide bonds. The zero-order chi connectivity index (χ0) is 44.7. The van der Waals surface area contributed by atoms with Crippen LogP contribution in [0.15, 0.2) is 158 Å². The molecule has 0 N–H and O–H groups in total. The second-order valence-electron chi connectivity index (χ2n) is 22.2. The van der Waals surface area contributed by atoms with Crippen molar-refractivity contribution in [2.45, 2.75) is 96.3 Å². The van der Waals surface area contributed by atoms with Crippen molar-refractivity contribution in [2.24, 2.45) is 0 Å². The molecule has 8 aromatic carbocycles. The van der Waals surface area contributed by atoms with Gasteiger partial charge in [0.15, 0.2) is 0 Å². The number of rotatable bonds is 4. The molecule has 2 heteroatoms. The standard InChI is InChI=1S/C63H56N2/c1-59(2)46-21-15-14-20-42(46)44-30-27-40(35-52(44)59)64(39-18-12-11-13-19-39)41-28-31-45-43-29-26-37(32-51(43)63(9,10)53(45)36-41)38-33-54-58-55(34-38)62(7,8)50-25-17-23-48-57(50)65(58)56-47(60(48,3)4)22-16-24-49(56)61(54,5)6/h11-36H,1-10H3. The molecule has 0 unspecified atom stereocenters. The molecule has 318 valence electrons. The number of hydrogen-bond donors (Lipinski definition) is 0. The number of para-hydroxylation sites is 3. The van der Waals surface area contributed by atoms with Crippen molar-refractivity contribution in [3.8, 4) is 33.4 Å². The molecule has 0 spiro atoms. The minimum absolute atomic E-state index is 0.0857. The summed E-state index contributed by atoms with van der Waals surface area (Å²) in [5.74, 6) is 0. The van der Waals surface area contributed by atoms with E-state index in [1.807, 2.05) is 0 Å². The van der Waals surface area contributed by atoms with Crippen LogP contribution in [-0.4, -0.2) is 0 Å². The maximum atomic E-state index is 2.67. The lowest BCUT2D eigenvalue weighted by Gasteiger charge is -2.55. The van der Waals surface area contributed by atoms with Crippen molar-refractivity contribution in [3.05, 3.63) is 213 Å². The van der Waals surface area contributed by atoms with Gasteiger partial charge in [0.1, 0.15) is 0 Å². The van der Waals surface area contributed by atoms with Gasteiger partial charge in [-0.15, -0.1) is 0 Å². The Bertz CT molecular complexity index is 3320. The summed E-state index contributed by atoms with van der Waals surface area (Å²) in [6.45, 7) is 24.3. The highest BCUT2D eigenvalue weighted by molar-refractivity contribution is 5.99. The van der Waals surface area contributed by atoms with Gasteiger partial charge < -0.3 is 9.80 Å². The van der Waals surface area contributed by atoms with E-state index in [-0.39, 0.29) is 27.1 Å². The number of benzene rings is 8. The van der Waals surface area contributed by atoms with Crippen LogP contribution < -0.4 is 9.80 Å². The first kappa shape index (κ1) is 38.8. The van der Waals surface area contributed by atoms with Gasteiger partial charge in [-0.1, -0.05) is 172 Å². The van der Waals surface area contributed by atoms with Gasteiger partial charge in [0.25, 0.3) is 0 Å². The second-order valence-corrected chi connectivity index (χ2v) is 22.2. The maximum absolute atomic E-state index is 2.67. The third kappa shape index (κ3) is 4.80. The first-order chi connectivity index (χ1) is 31.0. The molecule has 2 aliphatic carbocycles. The Hall–Kier alpha value is -6.64. The van der Waals surface area contributed by atoms with Crippen LogP contribution in [0.2, 0.25) is 0 Å². The first-order valence-electron chi connectivity index (χ1n) is 23.7. The zero-order valence-electron chi connectivity index (χ0n) is 39.4. The molecule has 5 aliphatic rings. The van der Waals surface area contributed by atoms with Crippen LogP contribution in [-0.2, 0) is 27.1 Å². The zero-order valence-corrected chi connectivity index (χ0v) is 39.4. The van der Waals surface area contributed by atoms with Crippen molar-refractivity contribution in [1.82, 2.24) is 0 Å². The summed E-state index contributed by atoms with van der Waals surface area (Å²) in [6.07, 6.45) is 0. The van der Waals surface area contributed by atoms with E-state index in [0.29, 0.717) is 0 Å². The minimum Gasteiger partial charge on any atom is -0.310 e. The van der Waals surface area contributed by atoms with E-state index < -0.39 is 0 Å². The summed E-state index contributed by atoms with van der Waals surface area (Å²) in [5.41, 5.74) is 28.9. The van der Waals surface area contributed by atoms with Crippen LogP contribution in [0.1, 0.15) is 125 Å². The molecule has 0 saturated heterocycles. The topological polar surface area (TPSA) is 6.48 Å². The Morgan fingerprint density at radius 2 is 0.646 bits per heavy atom. The molecule has 13 rings (SSSR count). The fraction of sp³-hybridized carbons (Fsp3) is 0.238. The van der Waals surface area contributed by atoms with Crippen molar-refractivity contribution < 1.29 is 0 Å². The maximum Gasteiger partial charge on any atom is 0.0544 e. The van der Waals surface area contributed by atoms with E-state index in [1.165, 1.54) is 117 Å².